The third-order valence-electron chi connectivity index (χ3n) is 8.98. The van der Waals surface area contributed by atoms with Crippen molar-refractivity contribution in [1.29, 1.82) is 0 Å². The number of nitrogens with one attached hydrogen (secondary N) is 3. The van der Waals surface area contributed by atoms with Crippen LogP contribution in [-0.4, -0.2) is 93.9 Å². The second-order valence-electron chi connectivity index (χ2n) is 11.5. The van der Waals surface area contributed by atoms with Gasteiger partial charge in [0.15, 0.2) is 0 Å². The molecule has 1 aromatic rings. The molecule has 0 bridgehead atoms. The highest BCUT2D eigenvalue weighted by atomic mass is 32.2. The molecule has 0 saturated carbocycles. The van der Waals surface area contributed by atoms with E-state index in [1.54, 1.807) is 0 Å². The van der Waals surface area contributed by atoms with E-state index in [-0.39, 0.29) is 19.3 Å². The summed E-state index contributed by atoms with van der Waals surface area (Å²) < 4.78 is 12.1. The molecule has 38 heavy (non-hydrogen) atoms. The Morgan fingerprint density at radius 2 is 1.79 bits per heavy atom. The Morgan fingerprint density at radius 3 is 2.55 bits per heavy atom. The van der Waals surface area contributed by atoms with Crippen molar-refractivity contribution >= 4 is 28.5 Å². The van der Waals surface area contributed by atoms with Gasteiger partial charge in [-0.05, 0) is 83.5 Å². The van der Waals surface area contributed by atoms with Gasteiger partial charge in [-0.15, -0.1) is 0 Å². The van der Waals surface area contributed by atoms with E-state index in [4.69, 9.17) is 4.98 Å². The van der Waals surface area contributed by atoms with Gasteiger partial charge in [0.2, 0.25) is 11.9 Å². The van der Waals surface area contributed by atoms with Crippen LogP contribution >= 0.6 is 0 Å². The highest BCUT2D eigenvalue weighted by Crippen LogP contribution is 2.29. The summed E-state index contributed by atoms with van der Waals surface area (Å²) in [6.07, 6.45) is 13.9. The molecule has 9 nitrogen and oxygen atoms in total. The van der Waals surface area contributed by atoms with E-state index in [9.17, 15) is 9.00 Å². The number of hydrogen-bond acceptors (Lipinski definition) is 8. The number of aromatic nitrogens is 2. The molecule has 0 aromatic carbocycles. The monoisotopic (exact) mass is 547 g/mol. The Labute approximate surface area is 232 Å². The number of carbonyl (C=O) groups excluding carboxylic acids is 1. The van der Waals surface area contributed by atoms with Gasteiger partial charge in [-0.3, -0.25) is 13.9 Å². The second kappa shape index (κ2) is 14.0. The highest BCUT2D eigenvalue weighted by Gasteiger charge is 2.37. The molecular weight excluding hydrogens is 498 g/mol. The van der Waals surface area contributed by atoms with Crippen molar-refractivity contribution in [3.63, 3.8) is 0 Å². The van der Waals surface area contributed by atoms with Crippen LogP contribution in [0.5, 0.6) is 0 Å². The van der Waals surface area contributed by atoms with E-state index < -0.39 is 10.8 Å². The lowest BCUT2D eigenvalue weighted by atomic mass is 9.90. The molecule has 0 spiro atoms. The normalized spacial score (nSPS) is 29.9. The first kappa shape index (κ1) is 27.8. The van der Waals surface area contributed by atoms with Gasteiger partial charge in [-0.25, -0.2) is 4.98 Å². The molecule has 0 unspecified atom stereocenters. The van der Waals surface area contributed by atoms with Crippen LogP contribution in [0, 0.1) is 5.92 Å². The fourth-order valence-corrected chi connectivity index (χ4v) is 8.09. The van der Waals surface area contributed by atoms with Crippen LogP contribution in [0.15, 0.2) is 12.3 Å². The Kier molecular flexibility index (Phi) is 10.3. The van der Waals surface area contributed by atoms with Crippen molar-refractivity contribution in [2.45, 2.75) is 88.8 Å². The van der Waals surface area contributed by atoms with Crippen LogP contribution in [0.3, 0.4) is 0 Å². The van der Waals surface area contributed by atoms with Crippen LogP contribution in [0.2, 0.25) is 0 Å². The first-order valence-electron chi connectivity index (χ1n) is 15.1. The van der Waals surface area contributed by atoms with Gasteiger partial charge < -0.3 is 20.9 Å². The zero-order valence-electron chi connectivity index (χ0n) is 22.9. The molecule has 0 aliphatic carbocycles. The highest BCUT2D eigenvalue weighted by molar-refractivity contribution is 7.85. The van der Waals surface area contributed by atoms with Crippen LogP contribution in [0.25, 0.3) is 0 Å². The lowest BCUT2D eigenvalue weighted by Gasteiger charge is -2.46. The number of anilines is 2. The smallest absolute Gasteiger partial charge is 0.224 e. The third kappa shape index (κ3) is 7.45. The molecule has 1 amide bonds. The molecular formula is C28H49N7O2S. The first-order valence-corrected chi connectivity index (χ1v) is 16.6. The van der Waals surface area contributed by atoms with Gasteiger partial charge in [0, 0.05) is 73.6 Å². The minimum absolute atomic E-state index is 0. The van der Waals surface area contributed by atoms with E-state index >= 15 is 0 Å². The largest absolute Gasteiger partial charge is 0.356 e. The number of carbonyl (C=O) groups is 1. The topological polar surface area (TPSA) is 102 Å². The number of nitrogens with zero attached hydrogens (tertiary/aromatic N) is 4. The fraction of sp³-hybridized carbons (Fsp3) is 0.821. The molecule has 4 aliphatic heterocycles. The minimum Gasteiger partial charge on any atom is -0.356 e. The maximum absolute atomic E-state index is 12.8. The van der Waals surface area contributed by atoms with Crippen LogP contribution in [-0.2, 0) is 15.6 Å². The van der Waals surface area contributed by atoms with Crippen molar-refractivity contribution < 1.29 is 10.4 Å². The van der Waals surface area contributed by atoms with Crippen LogP contribution in [0.4, 0.5) is 11.8 Å². The zero-order chi connectivity index (χ0) is 26.2. The van der Waals surface area contributed by atoms with E-state index in [0.717, 1.165) is 95.0 Å². The summed E-state index contributed by atoms with van der Waals surface area (Å²) in [6.45, 7) is 5.75. The van der Waals surface area contributed by atoms with Crippen LogP contribution < -0.4 is 20.9 Å². The van der Waals surface area contributed by atoms with Gasteiger partial charge in [-0.1, -0.05) is 12.8 Å². The SMILES string of the molecule is O=C(NCC[C@@H]1[C@@H](Nc2nccc(N3CCCCCC3)n2)CCCN1C1CCS(=O)CC1)C1CCNCC1.[HH]. The Morgan fingerprint density at radius 1 is 1.03 bits per heavy atom. The van der Waals surface area contributed by atoms with E-state index in [2.05, 4.69) is 30.7 Å². The van der Waals surface area contributed by atoms with Crippen molar-refractivity contribution in [3.8, 4) is 0 Å². The number of hydrogen-bond donors (Lipinski definition) is 3. The van der Waals surface area contributed by atoms with Crippen LogP contribution in [0.1, 0.15) is 72.1 Å². The average Bonchev–Trinajstić information content (AvgIpc) is 3.25. The summed E-state index contributed by atoms with van der Waals surface area (Å²) in [6, 6.07) is 3.02. The fourth-order valence-electron chi connectivity index (χ4n) is 6.82. The molecule has 0 radical (unpaired) electrons. The van der Waals surface area contributed by atoms with Crippen molar-refractivity contribution in [2.24, 2.45) is 5.92 Å². The van der Waals surface area contributed by atoms with Gasteiger partial charge >= 0.3 is 0 Å². The Hall–Kier alpha value is -1.78. The van der Waals surface area contributed by atoms with Gasteiger partial charge in [-0.2, -0.15) is 4.98 Å². The number of amides is 1. The molecule has 214 valence electrons. The third-order valence-corrected chi connectivity index (χ3v) is 10.4. The quantitative estimate of drug-likeness (QED) is 0.457. The standard InChI is InChI=1S/C28H47N7O2S.H2/c36-27(22-7-13-29-14-8-22)30-15-9-25-24(6-5-19-35(25)23-11-20-38(37)21-12-23)32-28-31-16-10-26(33-28)34-17-3-1-2-4-18-34;/h10,16,22-25,29H,1-9,11-15,17-21H2,(H,30,36)(H,31,32,33);1H/t23?,24-,25+,38?;/m0./s1. The summed E-state index contributed by atoms with van der Waals surface area (Å²) in [5, 5.41) is 10.3. The summed E-state index contributed by atoms with van der Waals surface area (Å²) in [4.78, 5) is 27.5. The van der Waals surface area contributed by atoms with Crippen molar-refractivity contribution in [1.82, 2.24) is 25.5 Å². The molecule has 2 atom stereocenters. The predicted octanol–water partition coefficient (Wildman–Crippen LogP) is 2.76. The number of likely N-dealkylation sites (tertiary alicyclic amines) is 1. The lowest BCUT2D eigenvalue weighted by Crippen LogP contribution is -2.57. The van der Waals surface area contributed by atoms with E-state index in [1.165, 1.54) is 25.7 Å². The number of piperidine rings is 2. The second-order valence-corrected chi connectivity index (χ2v) is 13.2. The zero-order valence-corrected chi connectivity index (χ0v) is 23.7. The Bertz CT molecular complexity index is 917. The van der Waals surface area contributed by atoms with Gasteiger partial charge in [0.1, 0.15) is 5.82 Å². The van der Waals surface area contributed by atoms with E-state index in [1.807, 2.05) is 12.3 Å². The molecule has 3 N–H and O–H groups in total. The lowest BCUT2D eigenvalue weighted by molar-refractivity contribution is -0.125. The molecule has 4 fully saturated rings. The predicted molar refractivity (Wildman–Crippen MR) is 156 cm³/mol. The van der Waals surface area contributed by atoms with Crippen molar-refractivity contribution in [3.05, 3.63) is 12.3 Å². The molecule has 4 saturated heterocycles. The summed E-state index contributed by atoms with van der Waals surface area (Å²) in [5.74, 6) is 3.69. The number of rotatable bonds is 8. The summed E-state index contributed by atoms with van der Waals surface area (Å²) in [5.41, 5.74) is 0. The van der Waals surface area contributed by atoms with E-state index in [0.29, 0.717) is 24.6 Å². The summed E-state index contributed by atoms with van der Waals surface area (Å²) >= 11 is 0. The average molecular weight is 548 g/mol. The maximum Gasteiger partial charge on any atom is 0.224 e. The molecule has 10 heteroatoms. The molecule has 1 aromatic heterocycles. The Balaban J connectivity index is 0.00000353. The first-order chi connectivity index (χ1) is 18.7. The van der Waals surface area contributed by atoms with Gasteiger partial charge in [0.05, 0.1) is 0 Å². The molecule has 4 aliphatic rings. The summed E-state index contributed by atoms with van der Waals surface area (Å²) in [7, 11) is -0.667. The van der Waals surface area contributed by atoms with Gasteiger partial charge in [0.25, 0.3) is 0 Å². The molecule has 5 heterocycles. The molecule has 5 rings (SSSR count). The van der Waals surface area contributed by atoms with Crippen molar-refractivity contribution in [2.75, 3.05) is 61.0 Å². The minimum atomic E-state index is -0.667. The maximum atomic E-state index is 12.8.